The summed E-state index contributed by atoms with van der Waals surface area (Å²) >= 11 is 0. The summed E-state index contributed by atoms with van der Waals surface area (Å²) in [5.41, 5.74) is 4.91. The van der Waals surface area contributed by atoms with E-state index in [2.05, 4.69) is 0 Å². The summed E-state index contributed by atoms with van der Waals surface area (Å²) in [6.07, 6.45) is 1.95. The number of carbonyl (C=O) groups is 1. The number of nitrogens with zero attached hydrogens (tertiary/aromatic N) is 1. The minimum absolute atomic E-state index is 0.00208. The number of likely N-dealkylation sites (N-methyl/N-ethyl adjacent to an activating group) is 1. The Morgan fingerprint density at radius 2 is 1.84 bits per heavy atom. The second kappa shape index (κ2) is 6.71. The molecular weight excluding hydrogens is 317 g/mol. The van der Waals surface area contributed by atoms with Crippen LogP contribution in [0.1, 0.15) is 35.2 Å². The van der Waals surface area contributed by atoms with Gasteiger partial charge in [0.2, 0.25) is 5.91 Å². The molecule has 2 aromatic carbocycles. The van der Waals surface area contributed by atoms with Crippen molar-refractivity contribution in [3.63, 3.8) is 0 Å². The van der Waals surface area contributed by atoms with Crippen LogP contribution < -0.4 is 0 Å². The van der Waals surface area contributed by atoms with E-state index in [1.807, 2.05) is 32.9 Å². The van der Waals surface area contributed by atoms with Crippen molar-refractivity contribution in [3.05, 3.63) is 70.7 Å². The predicted molar refractivity (Wildman–Crippen MR) is 97.0 cm³/mol. The van der Waals surface area contributed by atoms with Crippen molar-refractivity contribution in [2.75, 3.05) is 7.05 Å². The number of halogens is 1. The molecule has 3 aromatic rings. The number of furan rings is 1. The fraction of sp³-hybridized carbons (Fsp3) is 0.286. The van der Waals surface area contributed by atoms with Crippen molar-refractivity contribution in [2.24, 2.45) is 0 Å². The van der Waals surface area contributed by atoms with Gasteiger partial charge in [0.05, 0.1) is 18.7 Å². The van der Waals surface area contributed by atoms with E-state index in [4.69, 9.17) is 4.42 Å². The molecule has 1 heterocycles. The van der Waals surface area contributed by atoms with Crippen molar-refractivity contribution >= 4 is 16.9 Å². The Hall–Kier alpha value is -2.62. The third-order valence-corrected chi connectivity index (χ3v) is 5.01. The van der Waals surface area contributed by atoms with Gasteiger partial charge < -0.3 is 9.32 Å². The van der Waals surface area contributed by atoms with Gasteiger partial charge in [0.25, 0.3) is 0 Å². The summed E-state index contributed by atoms with van der Waals surface area (Å²) in [6.45, 7) is 6.00. The van der Waals surface area contributed by atoms with E-state index in [-0.39, 0.29) is 24.2 Å². The second-order valence-corrected chi connectivity index (χ2v) is 6.55. The van der Waals surface area contributed by atoms with E-state index in [1.54, 1.807) is 30.3 Å². The molecular formula is C21H22FNO2. The standard InChI is InChI=1S/C21H22FNO2/c1-13-5-10-19-17(12-25-21(19)14(13)2)11-20(24)23(4)15(3)16-6-8-18(22)9-7-16/h5-10,12,15H,11H2,1-4H3. The van der Waals surface area contributed by atoms with Gasteiger partial charge in [0.1, 0.15) is 11.4 Å². The molecule has 3 nitrogen and oxygen atoms in total. The average molecular weight is 339 g/mol. The van der Waals surface area contributed by atoms with Crippen LogP contribution in [-0.2, 0) is 11.2 Å². The highest BCUT2D eigenvalue weighted by Gasteiger charge is 2.20. The Balaban J connectivity index is 1.80. The van der Waals surface area contributed by atoms with Crippen molar-refractivity contribution in [1.82, 2.24) is 4.90 Å². The summed E-state index contributed by atoms with van der Waals surface area (Å²) in [6, 6.07) is 10.2. The largest absolute Gasteiger partial charge is 0.464 e. The predicted octanol–water partition coefficient (Wildman–Crippen LogP) is 4.95. The van der Waals surface area contributed by atoms with Crippen molar-refractivity contribution in [2.45, 2.75) is 33.2 Å². The number of carbonyl (C=O) groups excluding carboxylic acids is 1. The van der Waals surface area contributed by atoms with Gasteiger partial charge in [0, 0.05) is 18.0 Å². The quantitative estimate of drug-likeness (QED) is 0.674. The Morgan fingerprint density at radius 3 is 2.52 bits per heavy atom. The van der Waals surface area contributed by atoms with E-state index in [9.17, 15) is 9.18 Å². The van der Waals surface area contributed by atoms with Gasteiger partial charge >= 0.3 is 0 Å². The van der Waals surface area contributed by atoms with Crippen molar-refractivity contribution in [1.29, 1.82) is 0 Å². The first-order valence-electron chi connectivity index (χ1n) is 8.36. The number of aryl methyl sites for hydroxylation is 2. The van der Waals surface area contributed by atoms with Crippen LogP contribution in [-0.4, -0.2) is 17.9 Å². The molecule has 0 fully saturated rings. The van der Waals surface area contributed by atoms with Gasteiger partial charge in [-0.2, -0.15) is 0 Å². The third-order valence-electron chi connectivity index (χ3n) is 5.01. The van der Waals surface area contributed by atoms with Gasteiger partial charge in [-0.1, -0.05) is 24.3 Å². The molecule has 3 rings (SSSR count). The van der Waals surface area contributed by atoms with E-state index >= 15 is 0 Å². The Morgan fingerprint density at radius 1 is 1.16 bits per heavy atom. The van der Waals surface area contributed by atoms with Crippen LogP contribution >= 0.6 is 0 Å². The number of fused-ring (bicyclic) bond motifs is 1. The van der Waals surface area contributed by atoms with Crippen molar-refractivity contribution in [3.8, 4) is 0 Å². The van der Waals surface area contributed by atoms with Crippen molar-refractivity contribution < 1.29 is 13.6 Å². The third kappa shape index (κ3) is 3.29. The van der Waals surface area contributed by atoms with E-state index in [0.29, 0.717) is 0 Å². The molecule has 0 saturated carbocycles. The molecule has 0 aliphatic heterocycles. The number of amides is 1. The lowest BCUT2D eigenvalue weighted by Crippen LogP contribution is -2.30. The van der Waals surface area contributed by atoms with Gasteiger partial charge in [-0.25, -0.2) is 4.39 Å². The second-order valence-electron chi connectivity index (χ2n) is 6.55. The molecule has 0 bridgehead atoms. The first kappa shape index (κ1) is 17.2. The molecule has 0 aliphatic rings. The summed E-state index contributed by atoms with van der Waals surface area (Å²) < 4.78 is 18.8. The molecule has 0 saturated heterocycles. The lowest BCUT2D eigenvalue weighted by Gasteiger charge is -2.25. The summed E-state index contributed by atoms with van der Waals surface area (Å²) in [7, 11) is 1.77. The molecule has 0 N–H and O–H groups in total. The van der Waals surface area contributed by atoms with Crippen LogP contribution in [0.15, 0.2) is 47.1 Å². The minimum Gasteiger partial charge on any atom is -0.464 e. The fourth-order valence-corrected chi connectivity index (χ4v) is 2.99. The highest BCUT2D eigenvalue weighted by molar-refractivity contribution is 5.89. The normalized spacial score (nSPS) is 12.4. The van der Waals surface area contributed by atoms with Crippen LogP contribution in [0.4, 0.5) is 4.39 Å². The Labute approximate surface area is 147 Å². The van der Waals surface area contributed by atoms with Gasteiger partial charge in [-0.3, -0.25) is 4.79 Å². The molecule has 1 unspecified atom stereocenters. The zero-order chi connectivity index (χ0) is 18.1. The highest BCUT2D eigenvalue weighted by atomic mass is 19.1. The van der Waals surface area contributed by atoms with Crippen LogP contribution in [0, 0.1) is 19.7 Å². The number of hydrogen-bond donors (Lipinski definition) is 0. The molecule has 0 radical (unpaired) electrons. The minimum atomic E-state index is -0.277. The SMILES string of the molecule is Cc1ccc2c(CC(=O)N(C)C(C)c3ccc(F)cc3)coc2c1C. The Kier molecular flexibility index (Phi) is 4.62. The number of hydrogen-bond acceptors (Lipinski definition) is 2. The Bertz CT molecular complexity index is 912. The maximum atomic E-state index is 13.1. The zero-order valence-corrected chi connectivity index (χ0v) is 15.0. The van der Waals surface area contributed by atoms with Gasteiger partial charge in [0.15, 0.2) is 0 Å². The van der Waals surface area contributed by atoms with Gasteiger partial charge in [-0.15, -0.1) is 0 Å². The first-order chi connectivity index (χ1) is 11.9. The van der Waals surface area contributed by atoms with Crippen LogP contribution in [0.5, 0.6) is 0 Å². The summed E-state index contributed by atoms with van der Waals surface area (Å²) in [5, 5.41) is 0.985. The molecule has 1 atom stereocenters. The lowest BCUT2D eigenvalue weighted by molar-refractivity contribution is -0.131. The topological polar surface area (TPSA) is 33.5 Å². The summed E-state index contributed by atoms with van der Waals surface area (Å²) in [5.74, 6) is -0.279. The molecule has 4 heteroatoms. The molecule has 1 aromatic heterocycles. The summed E-state index contributed by atoms with van der Waals surface area (Å²) in [4.78, 5) is 14.4. The van der Waals surface area contributed by atoms with E-state index < -0.39 is 0 Å². The van der Waals surface area contributed by atoms with Crippen LogP contribution in [0.2, 0.25) is 0 Å². The number of rotatable bonds is 4. The molecule has 25 heavy (non-hydrogen) atoms. The average Bonchev–Trinajstić information content (AvgIpc) is 3.01. The monoisotopic (exact) mass is 339 g/mol. The maximum absolute atomic E-state index is 13.1. The number of benzene rings is 2. The van der Waals surface area contributed by atoms with Gasteiger partial charge in [-0.05, 0) is 49.6 Å². The molecule has 0 aliphatic carbocycles. The first-order valence-corrected chi connectivity index (χ1v) is 8.36. The van der Waals surface area contributed by atoms with Crippen LogP contribution in [0.3, 0.4) is 0 Å². The zero-order valence-electron chi connectivity index (χ0n) is 15.0. The fourth-order valence-electron chi connectivity index (χ4n) is 2.99. The molecule has 1 amide bonds. The highest BCUT2D eigenvalue weighted by Crippen LogP contribution is 2.28. The molecule has 130 valence electrons. The lowest BCUT2D eigenvalue weighted by atomic mass is 10.0. The van der Waals surface area contributed by atoms with Crippen LogP contribution in [0.25, 0.3) is 11.0 Å². The smallest absolute Gasteiger partial charge is 0.227 e. The van der Waals surface area contributed by atoms with E-state index in [0.717, 1.165) is 27.7 Å². The molecule has 0 spiro atoms. The maximum Gasteiger partial charge on any atom is 0.227 e. The van der Waals surface area contributed by atoms with E-state index in [1.165, 1.54) is 17.7 Å².